The number of ether oxygens (including phenoxy) is 1. The van der Waals surface area contributed by atoms with Crippen molar-refractivity contribution in [3.8, 4) is 11.8 Å². The SMILES string of the molecule is COc1ccc2[nH]c(=O)c(CC(=O)N[C@@H](C)c3ccc(F)cc3F)c(C)c2c1C#N. The van der Waals surface area contributed by atoms with Gasteiger partial charge in [0.25, 0.3) is 5.56 Å². The number of H-pyrrole nitrogens is 1. The number of nitrogens with zero attached hydrogens (tertiary/aromatic N) is 1. The van der Waals surface area contributed by atoms with Crippen LogP contribution in [0.1, 0.15) is 35.2 Å². The number of fused-ring (bicyclic) bond motifs is 1. The van der Waals surface area contributed by atoms with E-state index in [0.717, 1.165) is 12.1 Å². The Morgan fingerprint density at radius 1 is 1.30 bits per heavy atom. The minimum Gasteiger partial charge on any atom is -0.495 e. The molecule has 0 aliphatic rings. The van der Waals surface area contributed by atoms with Crippen molar-refractivity contribution >= 4 is 16.8 Å². The molecule has 8 heteroatoms. The fourth-order valence-corrected chi connectivity index (χ4v) is 3.47. The first kappa shape index (κ1) is 21.0. The number of halogens is 2. The average molecular weight is 411 g/mol. The molecule has 0 spiro atoms. The van der Waals surface area contributed by atoms with E-state index in [9.17, 15) is 23.6 Å². The standard InChI is InChI=1S/C22H19F2N3O3/c1-11-15(9-20(28)26-12(2)14-5-4-13(23)8-17(14)24)22(29)27-18-6-7-19(30-3)16(10-25)21(11)18/h4-8,12H,9H2,1-3H3,(H,26,28)(H,27,29)/t12-/m0/s1. The minimum absolute atomic E-state index is 0.130. The molecule has 1 aromatic heterocycles. The van der Waals surface area contributed by atoms with Gasteiger partial charge in [-0.25, -0.2) is 8.78 Å². The molecule has 0 aliphatic heterocycles. The largest absolute Gasteiger partial charge is 0.495 e. The van der Waals surface area contributed by atoms with Crippen LogP contribution in [0.15, 0.2) is 35.1 Å². The van der Waals surface area contributed by atoms with Gasteiger partial charge in [-0.3, -0.25) is 9.59 Å². The number of nitrogens with one attached hydrogen (secondary N) is 2. The van der Waals surface area contributed by atoms with Crippen LogP contribution in [0.25, 0.3) is 10.9 Å². The van der Waals surface area contributed by atoms with Gasteiger partial charge in [-0.1, -0.05) is 6.07 Å². The van der Waals surface area contributed by atoms with Crippen molar-refractivity contribution in [2.75, 3.05) is 7.11 Å². The molecule has 2 aromatic carbocycles. The molecule has 1 heterocycles. The summed E-state index contributed by atoms with van der Waals surface area (Å²) in [6.45, 7) is 3.22. The first-order valence-corrected chi connectivity index (χ1v) is 9.13. The number of nitriles is 1. The van der Waals surface area contributed by atoms with E-state index in [1.807, 2.05) is 0 Å². The number of methoxy groups -OCH3 is 1. The van der Waals surface area contributed by atoms with Crippen LogP contribution in [0.2, 0.25) is 0 Å². The molecular formula is C22H19F2N3O3. The van der Waals surface area contributed by atoms with E-state index < -0.39 is 29.1 Å². The molecule has 0 saturated carbocycles. The zero-order valence-corrected chi connectivity index (χ0v) is 16.6. The molecule has 154 valence electrons. The second-order valence-corrected chi connectivity index (χ2v) is 6.87. The van der Waals surface area contributed by atoms with E-state index >= 15 is 0 Å². The lowest BCUT2D eigenvalue weighted by molar-refractivity contribution is -0.121. The summed E-state index contributed by atoms with van der Waals surface area (Å²) in [6, 6.07) is 7.67. The predicted molar refractivity (Wildman–Crippen MR) is 107 cm³/mol. The van der Waals surface area contributed by atoms with Crippen molar-refractivity contribution in [1.29, 1.82) is 5.26 Å². The number of carbonyl (C=O) groups excluding carboxylic acids is 1. The summed E-state index contributed by atoms with van der Waals surface area (Å²) in [5.74, 6) is -1.64. The Morgan fingerprint density at radius 3 is 2.67 bits per heavy atom. The normalized spacial score (nSPS) is 11.7. The summed E-state index contributed by atoms with van der Waals surface area (Å²) in [6.07, 6.45) is -0.271. The highest BCUT2D eigenvalue weighted by Crippen LogP contribution is 2.29. The van der Waals surface area contributed by atoms with E-state index in [-0.39, 0.29) is 23.1 Å². The maximum atomic E-state index is 13.9. The van der Waals surface area contributed by atoms with Gasteiger partial charge in [-0.05, 0) is 37.6 Å². The van der Waals surface area contributed by atoms with Crippen LogP contribution in [0, 0.1) is 29.9 Å². The van der Waals surface area contributed by atoms with Crippen LogP contribution < -0.4 is 15.6 Å². The number of pyridine rings is 1. The van der Waals surface area contributed by atoms with Gasteiger partial charge in [-0.15, -0.1) is 0 Å². The summed E-state index contributed by atoms with van der Waals surface area (Å²) < 4.78 is 32.3. The van der Waals surface area contributed by atoms with Gasteiger partial charge in [0.2, 0.25) is 5.91 Å². The van der Waals surface area contributed by atoms with Crippen molar-refractivity contribution in [2.24, 2.45) is 0 Å². The molecule has 2 N–H and O–H groups in total. The van der Waals surface area contributed by atoms with E-state index in [0.29, 0.717) is 22.2 Å². The van der Waals surface area contributed by atoms with E-state index in [2.05, 4.69) is 16.4 Å². The van der Waals surface area contributed by atoms with Crippen molar-refractivity contribution in [3.05, 3.63) is 74.6 Å². The first-order chi connectivity index (χ1) is 14.3. The molecule has 1 amide bonds. The smallest absolute Gasteiger partial charge is 0.252 e. The molecule has 3 rings (SSSR count). The Balaban J connectivity index is 1.94. The summed E-state index contributed by atoms with van der Waals surface area (Å²) in [5.41, 5.74) is 1.07. The Hall–Kier alpha value is -3.73. The van der Waals surface area contributed by atoms with Gasteiger partial charge >= 0.3 is 0 Å². The lowest BCUT2D eigenvalue weighted by atomic mass is 9.98. The van der Waals surface area contributed by atoms with Gasteiger partial charge in [0, 0.05) is 22.6 Å². The Kier molecular flexibility index (Phi) is 5.83. The fourth-order valence-electron chi connectivity index (χ4n) is 3.47. The molecule has 6 nitrogen and oxygen atoms in total. The van der Waals surface area contributed by atoms with Gasteiger partial charge in [0.15, 0.2) is 0 Å². The lowest BCUT2D eigenvalue weighted by Gasteiger charge is -2.16. The summed E-state index contributed by atoms with van der Waals surface area (Å²) in [5, 5.41) is 12.7. The summed E-state index contributed by atoms with van der Waals surface area (Å²) >= 11 is 0. The van der Waals surface area contributed by atoms with Crippen LogP contribution >= 0.6 is 0 Å². The topological polar surface area (TPSA) is 95.0 Å². The minimum atomic E-state index is -0.770. The van der Waals surface area contributed by atoms with Crippen molar-refractivity contribution < 1.29 is 18.3 Å². The van der Waals surface area contributed by atoms with Crippen LogP contribution in [-0.4, -0.2) is 18.0 Å². The molecular weight excluding hydrogens is 392 g/mol. The highest BCUT2D eigenvalue weighted by atomic mass is 19.1. The van der Waals surface area contributed by atoms with Crippen LogP contribution in [0.3, 0.4) is 0 Å². The second kappa shape index (κ2) is 8.33. The summed E-state index contributed by atoms with van der Waals surface area (Å²) in [7, 11) is 1.44. The highest BCUT2D eigenvalue weighted by molar-refractivity contribution is 5.92. The Labute approximate surface area is 171 Å². The molecule has 0 radical (unpaired) electrons. The van der Waals surface area contributed by atoms with Crippen molar-refractivity contribution in [3.63, 3.8) is 0 Å². The third-order valence-corrected chi connectivity index (χ3v) is 4.99. The highest BCUT2D eigenvalue weighted by Gasteiger charge is 2.20. The van der Waals surface area contributed by atoms with Crippen LogP contribution in [0.5, 0.6) is 5.75 Å². The van der Waals surface area contributed by atoms with Gasteiger partial charge in [0.05, 0.1) is 25.1 Å². The number of rotatable bonds is 5. The molecule has 1 atom stereocenters. The zero-order chi connectivity index (χ0) is 22.0. The quantitative estimate of drug-likeness (QED) is 0.673. The predicted octanol–water partition coefficient (Wildman–Crippen LogP) is 3.41. The van der Waals surface area contributed by atoms with Crippen molar-refractivity contribution in [2.45, 2.75) is 26.3 Å². The van der Waals surface area contributed by atoms with Gasteiger partial charge in [-0.2, -0.15) is 5.26 Å². The average Bonchev–Trinajstić information content (AvgIpc) is 2.69. The van der Waals surface area contributed by atoms with E-state index in [4.69, 9.17) is 4.74 Å². The number of benzene rings is 2. The van der Waals surface area contributed by atoms with E-state index in [1.165, 1.54) is 13.2 Å². The molecule has 0 unspecified atom stereocenters. The first-order valence-electron chi connectivity index (χ1n) is 9.13. The number of carbonyl (C=O) groups is 1. The number of hydrogen-bond donors (Lipinski definition) is 2. The maximum absolute atomic E-state index is 13.9. The third kappa shape index (κ3) is 3.87. The zero-order valence-electron chi connectivity index (χ0n) is 16.6. The van der Waals surface area contributed by atoms with Crippen molar-refractivity contribution in [1.82, 2.24) is 10.3 Å². The molecule has 30 heavy (non-hydrogen) atoms. The number of aryl methyl sites for hydroxylation is 1. The Morgan fingerprint density at radius 2 is 2.03 bits per heavy atom. The fraction of sp³-hybridized carbons (Fsp3) is 0.227. The molecule has 0 bridgehead atoms. The monoisotopic (exact) mass is 411 g/mol. The number of aromatic amines is 1. The van der Waals surface area contributed by atoms with Crippen LogP contribution in [0.4, 0.5) is 8.78 Å². The second-order valence-electron chi connectivity index (χ2n) is 6.87. The van der Waals surface area contributed by atoms with Gasteiger partial charge < -0.3 is 15.0 Å². The number of amides is 1. The number of aromatic nitrogens is 1. The summed E-state index contributed by atoms with van der Waals surface area (Å²) in [4.78, 5) is 27.8. The third-order valence-electron chi connectivity index (χ3n) is 4.99. The molecule has 3 aromatic rings. The molecule has 0 saturated heterocycles. The Bertz CT molecular complexity index is 1250. The maximum Gasteiger partial charge on any atom is 0.252 e. The van der Waals surface area contributed by atoms with Gasteiger partial charge in [0.1, 0.15) is 29.0 Å². The van der Waals surface area contributed by atoms with E-state index in [1.54, 1.807) is 26.0 Å². The lowest BCUT2D eigenvalue weighted by Crippen LogP contribution is -2.31. The molecule has 0 aliphatic carbocycles. The number of hydrogen-bond acceptors (Lipinski definition) is 4. The molecule has 0 fully saturated rings. The van der Waals surface area contributed by atoms with Crippen LogP contribution in [-0.2, 0) is 11.2 Å².